The smallest absolute Gasteiger partial charge is 0.344 e. The van der Waals surface area contributed by atoms with Gasteiger partial charge in [0.2, 0.25) is 0 Å². The number of rotatable bonds is 1. The van der Waals surface area contributed by atoms with Crippen LogP contribution >= 0.6 is 0 Å². The summed E-state index contributed by atoms with van der Waals surface area (Å²) >= 11 is 0. The lowest BCUT2D eigenvalue weighted by molar-refractivity contribution is -0.146. The van der Waals surface area contributed by atoms with Crippen molar-refractivity contribution in [3.8, 4) is 0 Å². The van der Waals surface area contributed by atoms with Crippen molar-refractivity contribution in [3.05, 3.63) is 23.7 Å². The lowest BCUT2D eigenvalue weighted by atomic mass is 9.95. The third-order valence-electron chi connectivity index (χ3n) is 2.33. The Balaban J connectivity index is 2.14. The average Bonchev–Trinajstić information content (AvgIpc) is 2.46. The summed E-state index contributed by atoms with van der Waals surface area (Å²) in [6.07, 6.45) is 2.93. The van der Waals surface area contributed by atoms with Crippen LogP contribution in [-0.4, -0.2) is 17.2 Å². The molecule has 2 rings (SSSR count). The molecule has 0 aromatic heterocycles. The van der Waals surface area contributed by atoms with Gasteiger partial charge in [-0.05, 0) is 12.5 Å². The number of allylic oxidation sites excluding steroid dienone is 4. The molecular formula is C9H9FO3. The minimum atomic E-state index is -0.976. The Morgan fingerprint density at radius 2 is 2.46 bits per heavy atom. The molecule has 3 nitrogen and oxygen atoms in total. The minimum Gasteiger partial charge on any atom is -0.483 e. The molecule has 1 aliphatic carbocycles. The highest BCUT2D eigenvalue weighted by molar-refractivity contribution is 5.73. The standard InChI is InChI=1S/C9H9FO3/c10-6-2-1-5-3-8(9(11)12)13-7(5)4-6/h2,4-5,8H,1,3H2,(H,11,12). The van der Waals surface area contributed by atoms with Crippen molar-refractivity contribution in [3.63, 3.8) is 0 Å². The Morgan fingerprint density at radius 3 is 3.15 bits per heavy atom. The predicted octanol–water partition coefficient (Wildman–Crippen LogP) is 1.62. The predicted molar refractivity (Wildman–Crippen MR) is 42.5 cm³/mol. The lowest BCUT2D eigenvalue weighted by Gasteiger charge is -2.10. The number of fused-ring (bicyclic) bond motifs is 1. The number of aliphatic carboxylic acids is 1. The van der Waals surface area contributed by atoms with Gasteiger partial charge < -0.3 is 9.84 Å². The number of ether oxygens (including phenoxy) is 1. The lowest BCUT2D eigenvalue weighted by Crippen LogP contribution is -2.17. The van der Waals surface area contributed by atoms with Gasteiger partial charge in [0, 0.05) is 18.4 Å². The molecule has 0 bridgehead atoms. The van der Waals surface area contributed by atoms with Gasteiger partial charge in [0.1, 0.15) is 11.6 Å². The molecule has 0 amide bonds. The first kappa shape index (κ1) is 8.29. The third kappa shape index (κ3) is 1.43. The monoisotopic (exact) mass is 184 g/mol. The third-order valence-corrected chi connectivity index (χ3v) is 2.33. The van der Waals surface area contributed by atoms with Crippen molar-refractivity contribution < 1.29 is 19.0 Å². The van der Waals surface area contributed by atoms with E-state index in [0.29, 0.717) is 18.6 Å². The quantitative estimate of drug-likeness (QED) is 0.673. The van der Waals surface area contributed by atoms with Gasteiger partial charge >= 0.3 is 5.97 Å². The first-order valence-corrected chi connectivity index (χ1v) is 4.13. The number of carbonyl (C=O) groups is 1. The fraction of sp³-hybridized carbons (Fsp3) is 0.444. The Bertz CT molecular complexity index is 306. The maximum absolute atomic E-state index is 12.7. The van der Waals surface area contributed by atoms with Crippen LogP contribution in [0.4, 0.5) is 4.39 Å². The zero-order valence-electron chi connectivity index (χ0n) is 6.87. The van der Waals surface area contributed by atoms with E-state index in [1.807, 2.05) is 0 Å². The SMILES string of the molecule is O=C(O)C1CC2CC=C(F)C=C2O1. The van der Waals surface area contributed by atoms with Crippen LogP contribution in [0.15, 0.2) is 23.7 Å². The van der Waals surface area contributed by atoms with Crippen molar-refractivity contribution in [1.29, 1.82) is 0 Å². The van der Waals surface area contributed by atoms with Gasteiger partial charge in [-0.1, -0.05) is 0 Å². The summed E-state index contributed by atoms with van der Waals surface area (Å²) < 4.78 is 17.8. The Labute approximate surface area is 74.5 Å². The molecule has 1 N–H and O–H groups in total. The molecule has 0 aromatic rings. The summed E-state index contributed by atoms with van der Waals surface area (Å²) in [4.78, 5) is 10.6. The Morgan fingerprint density at radius 1 is 1.69 bits per heavy atom. The number of carboxylic acid groups (broad SMARTS) is 1. The molecule has 0 aromatic carbocycles. The molecule has 2 atom stereocenters. The number of carboxylic acids is 1. The van der Waals surface area contributed by atoms with Crippen LogP contribution in [0.25, 0.3) is 0 Å². The molecule has 2 aliphatic rings. The fourth-order valence-corrected chi connectivity index (χ4v) is 1.65. The minimum absolute atomic E-state index is 0.0561. The van der Waals surface area contributed by atoms with E-state index in [1.54, 1.807) is 0 Å². The van der Waals surface area contributed by atoms with E-state index in [1.165, 1.54) is 12.2 Å². The van der Waals surface area contributed by atoms with Crippen molar-refractivity contribution in [1.82, 2.24) is 0 Å². The highest BCUT2D eigenvalue weighted by Crippen LogP contribution is 2.36. The molecule has 4 heteroatoms. The number of hydrogen-bond acceptors (Lipinski definition) is 2. The van der Waals surface area contributed by atoms with Gasteiger partial charge in [-0.15, -0.1) is 0 Å². The second-order valence-corrected chi connectivity index (χ2v) is 3.25. The summed E-state index contributed by atoms with van der Waals surface area (Å²) in [5.41, 5.74) is 0. The molecule has 70 valence electrons. The van der Waals surface area contributed by atoms with Gasteiger partial charge in [0.05, 0.1) is 0 Å². The second-order valence-electron chi connectivity index (χ2n) is 3.25. The summed E-state index contributed by atoms with van der Waals surface area (Å²) in [6.45, 7) is 0. The van der Waals surface area contributed by atoms with E-state index in [0.717, 1.165) is 0 Å². The maximum atomic E-state index is 12.7. The van der Waals surface area contributed by atoms with E-state index >= 15 is 0 Å². The van der Waals surface area contributed by atoms with Crippen molar-refractivity contribution >= 4 is 5.97 Å². The van der Waals surface area contributed by atoms with Crippen LogP contribution in [0, 0.1) is 5.92 Å². The molecule has 0 saturated carbocycles. The van der Waals surface area contributed by atoms with Crippen LogP contribution in [0.2, 0.25) is 0 Å². The van der Waals surface area contributed by atoms with E-state index in [2.05, 4.69) is 0 Å². The number of hydrogen-bond donors (Lipinski definition) is 1. The van der Waals surface area contributed by atoms with Gasteiger partial charge in [0.15, 0.2) is 6.10 Å². The van der Waals surface area contributed by atoms with Crippen LogP contribution in [0.5, 0.6) is 0 Å². The topological polar surface area (TPSA) is 46.5 Å². The van der Waals surface area contributed by atoms with Crippen molar-refractivity contribution in [2.24, 2.45) is 5.92 Å². The highest BCUT2D eigenvalue weighted by Gasteiger charge is 2.36. The molecule has 2 unspecified atom stereocenters. The first-order valence-electron chi connectivity index (χ1n) is 4.13. The van der Waals surface area contributed by atoms with Crippen LogP contribution in [0.3, 0.4) is 0 Å². The molecular weight excluding hydrogens is 175 g/mol. The summed E-state index contributed by atoms with van der Waals surface area (Å²) in [7, 11) is 0. The zero-order chi connectivity index (χ0) is 9.42. The molecule has 1 aliphatic heterocycles. The van der Waals surface area contributed by atoms with E-state index in [-0.39, 0.29) is 11.7 Å². The highest BCUT2D eigenvalue weighted by atomic mass is 19.1. The van der Waals surface area contributed by atoms with E-state index in [4.69, 9.17) is 9.84 Å². The fourth-order valence-electron chi connectivity index (χ4n) is 1.65. The van der Waals surface area contributed by atoms with Gasteiger partial charge in [0.25, 0.3) is 0 Å². The Kier molecular flexibility index (Phi) is 1.83. The average molecular weight is 184 g/mol. The zero-order valence-corrected chi connectivity index (χ0v) is 6.87. The molecule has 13 heavy (non-hydrogen) atoms. The summed E-state index contributed by atoms with van der Waals surface area (Å²) in [5, 5.41) is 8.66. The summed E-state index contributed by atoms with van der Waals surface area (Å²) in [6, 6.07) is 0. The van der Waals surface area contributed by atoms with Gasteiger partial charge in [-0.2, -0.15) is 0 Å². The molecule has 0 spiro atoms. The van der Waals surface area contributed by atoms with Gasteiger partial charge in [-0.25, -0.2) is 9.18 Å². The Hall–Kier alpha value is -1.32. The second kappa shape index (κ2) is 2.87. The molecule has 1 saturated heterocycles. The van der Waals surface area contributed by atoms with E-state index in [9.17, 15) is 9.18 Å². The number of halogens is 1. The molecule has 0 radical (unpaired) electrons. The molecule has 1 heterocycles. The van der Waals surface area contributed by atoms with Crippen molar-refractivity contribution in [2.45, 2.75) is 18.9 Å². The largest absolute Gasteiger partial charge is 0.483 e. The van der Waals surface area contributed by atoms with Crippen LogP contribution < -0.4 is 0 Å². The maximum Gasteiger partial charge on any atom is 0.344 e. The normalized spacial score (nSPS) is 31.5. The molecule has 1 fully saturated rings. The first-order chi connectivity index (χ1) is 6.16. The van der Waals surface area contributed by atoms with Crippen LogP contribution in [-0.2, 0) is 9.53 Å². The van der Waals surface area contributed by atoms with E-state index < -0.39 is 12.1 Å². The van der Waals surface area contributed by atoms with Gasteiger partial charge in [-0.3, -0.25) is 0 Å². The van der Waals surface area contributed by atoms with Crippen molar-refractivity contribution in [2.75, 3.05) is 0 Å². The van der Waals surface area contributed by atoms with Crippen LogP contribution in [0.1, 0.15) is 12.8 Å². The summed E-state index contributed by atoms with van der Waals surface area (Å²) in [5.74, 6) is -0.777.